The Balaban J connectivity index is 1.85. The summed E-state index contributed by atoms with van der Waals surface area (Å²) in [6.07, 6.45) is 4.32. The summed E-state index contributed by atoms with van der Waals surface area (Å²) in [5.41, 5.74) is 3.08. The van der Waals surface area contributed by atoms with E-state index in [2.05, 4.69) is 0 Å². The van der Waals surface area contributed by atoms with E-state index in [1.807, 2.05) is 84.9 Å². The van der Waals surface area contributed by atoms with Crippen LogP contribution in [-0.4, -0.2) is 16.2 Å². The predicted molar refractivity (Wildman–Crippen MR) is 110 cm³/mol. The molecule has 0 spiro atoms. The summed E-state index contributed by atoms with van der Waals surface area (Å²) in [5, 5.41) is 21.7. The van der Waals surface area contributed by atoms with Gasteiger partial charge in [-0.05, 0) is 34.2 Å². The maximum atomic E-state index is 12.0. The van der Waals surface area contributed by atoms with Crippen LogP contribution in [0.5, 0.6) is 0 Å². The summed E-state index contributed by atoms with van der Waals surface area (Å²) < 4.78 is 0. The van der Waals surface area contributed by atoms with Crippen molar-refractivity contribution in [1.29, 1.82) is 0 Å². The van der Waals surface area contributed by atoms with Crippen molar-refractivity contribution in [3.63, 3.8) is 0 Å². The van der Waals surface area contributed by atoms with Crippen LogP contribution in [0.25, 0.3) is 6.08 Å². The van der Waals surface area contributed by atoms with Crippen molar-refractivity contribution in [2.75, 3.05) is 0 Å². The summed E-state index contributed by atoms with van der Waals surface area (Å²) in [5.74, 6) is -2.02. The van der Waals surface area contributed by atoms with Gasteiger partial charge in [-0.1, -0.05) is 91.0 Å². The molecule has 0 aliphatic heterocycles. The monoisotopic (exact) mass is 370 g/mol. The highest BCUT2D eigenvalue weighted by atomic mass is 16.4. The van der Waals surface area contributed by atoms with E-state index in [0.717, 1.165) is 27.8 Å². The van der Waals surface area contributed by atoms with Crippen LogP contribution < -0.4 is 0 Å². The smallest absolute Gasteiger partial charge is 0.313 e. The number of fused-ring (bicyclic) bond motifs is 1. The highest BCUT2D eigenvalue weighted by molar-refractivity contribution is 5.79. The zero-order chi connectivity index (χ0) is 19.6. The Morgan fingerprint density at radius 1 is 0.857 bits per heavy atom. The molecule has 2 atom stereocenters. The Labute approximate surface area is 164 Å². The van der Waals surface area contributed by atoms with Crippen LogP contribution in [0, 0.1) is 5.92 Å². The van der Waals surface area contributed by atoms with Gasteiger partial charge in [0, 0.05) is 6.42 Å². The van der Waals surface area contributed by atoms with E-state index in [4.69, 9.17) is 0 Å². The lowest BCUT2D eigenvalue weighted by Crippen LogP contribution is -2.43. The van der Waals surface area contributed by atoms with E-state index in [1.54, 1.807) is 6.08 Å². The highest BCUT2D eigenvalue weighted by Gasteiger charge is 2.45. The minimum atomic E-state index is -1.51. The number of carboxylic acids is 1. The Morgan fingerprint density at radius 3 is 2.14 bits per heavy atom. The maximum absolute atomic E-state index is 12.0. The summed E-state index contributed by atoms with van der Waals surface area (Å²) in [6, 6.07) is 25.5. The van der Waals surface area contributed by atoms with Gasteiger partial charge in [0.05, 0.1) is 0 Å². The topological polar surface area (TPSA) is 57.5 Å². The van der Waals surface area contributed by atoms with Gasteiger partial charge in [0.25, 0.3) is 0 Å². The first-order valence-electron chi connectivity index (χ1n) is 9.41. The van der Waals surface area contributed by atoms with Crippen molar-refractivity contribution in [1.82, 2.24) is 0 Å². The molecule has 0 fully saturated rings. The third-order valence-electron chi connectivity index (χ3n) is 5.42. The van der Waals surface area contributed by atoms with Gasteiger partial charge in [-0.3, -0.25) is 4.79 Å². The lowest BCUT2D eigenvalue weighted by atomic mass is 9.70. The standard InChI is InChI=1S/C25H22O3/c26-24(27)22-15-14-20-12-7-13-21(16-18-8-3-1-4-9-18)23(20)25(22,28)17-19-10-5-2-6-11-19/h1-15,22,28H,16-17H2,(H,26,27). The lowest BCUT2D eigenvalue weighted by molar-refractivity contribution is -0.149. The second kappa shape index (κ2) is 7.45. The van der Waals surface area contributed by atoms with Gasteiger partial charge in [-0.15, -0.1) is 0 Å². The number of aliphatic carboxylic acids is 1. The van der Waals surface area contributed by atoms with Gasteiger partial charge < -0.3 is 10.2 Å². The molecule has 0 heterocycles. The van der Waals surface area contributed by atoms with Gasteiger partial charge in [-0.25, -0.2) is 0 Å². The summed E-state index contributed by atoms with van der Waals surface area (Å²) in [7, 11) is 0. The van der Waals surface area contributed by atoms with E-state index in [-0.39, 0.29) is 6.42 Å². The molecule has 0 radical (unpaired) electrons. The summed E-state index contributed by atoms with van der Waals surface area (Å²) in [6.45, 7) is 0. The van der Waals surface area contributed by atoms with Crippen LogP contribution in [0.3, 0.4) is 0 Å². The largest absolute Gasteiger partial charge is 0.481 e. The van der Waals surface area contributed by atoms with Crippen molar-refractivity contribution in [3.05, 3.63) is 113 Å². The normalized spacial score (nSPS) is 20.5. The van der Waals surface area contributed by atoms with Crippen LogP contribution in [0.1, 0.15) is 27.8 Å². The molecule has 1 aliphatic rings. The van der Waals surface area contributed by atoms with E-state index >= 15 is 0 Å². The van der Waals surface area contributed by atoms with Gasteiger partial charge >= 0.3 is 5.97 Å². The molecule has 4 rings (SSSR count). The number of carboxylic acid groups (broad SMARTS) is 1. The second-order valence-electron chi connectivity index (χ2n) is 7.31. The minimum absolute atomic E-state index is 0.244. The van der Waals surface area contributed by atoms with Crippen molar-refractivity contribution >= 4 is 12.0 Å². The van der Waals surface area contributed by atoms with E-state index in [9.17, 15) is 15.0 Å². The number of benzene rings is 3. The molecule has 140 valence electrons. The average Bonchev–Trinajstić information content (AvgIpc) is 2.69. The second-order valence-corrected chi connectivity index (χ2v) is 7.31. The fraction of sp³-hybridized carbons (Fsp3) is 0.160. The fourth-order valence-electron chi connectivity index (χ4n) is 4.16. The molecule has 0 aromatic heterocycles. The highest BCUT2D eigenvalue weighted by Crippen LogP contribution is 2.43. The first kappa shape index (κ1) is 18.2. The third-order valence-corrected chi connectivity index (χ3v) is 5.42. The first-order valence-corrected chi connectivity index (χ1v) is 9.41. The molecule has 0 amide bonds. The van der Waals surface area contributed by atoms with Crippen molar-refractivity contribution < 1.29 is 15.0 Å². The number of aliphatic hydroxyl groups is 1. The predicted octanol–water partition coefficient (Wildman–Crippen LogP) is 4.44. The van der Waals surface area contributed by atoms with Crippen molar-refractivity contribution in [2.45, 2.75) is 18.4 Å². The molecule has 2 N–H and O–H groups in total. The van der Waals surface area contributed by atoms with Crippen LogP contribution in [-0.2, 0) is 23.2 Å². The van der Waals surface area contributed by atoms with Gasteiger partial charge in [0.1, 0.15) is 11.5 Å². The molecule has 2 unspecified atom stereocenters. The third kappa shape index (κ3) is 3.37. The van der Waals surface area contributed by atoms with Gasteiger partial charge in [-0.2, -0.15) is 0 Å². The van der Waals surface area contributed by atoms with Crippen molar-refractivity contribution in [2.24, 2.45) is 5.92 Å². The molecule has 0 saturated heterocycles. The summed E-state index contributed by atoms with van der Waals surface area (Å²) >= 11 is 0. The van der Waals surface area contributed by atoms with Crippen LogP contribution in [0.15, 0.2) is 84.9 Å². The Morgan fingerprint density at radius 2 is 1.50 bits per heavy atom. The zero-order valence-corrected chi connectivity index (χ0v) is 15.5. The molecule has 3 aromatic carbocycles. The minimum Gasteiger partial charge on any atom is -0.481 e. The van der Waals surface area contributed by atoms with Crippen LogP contribution >= 0.6 is 0 Å². The Hall–Kier alpha value is -3.17. The fourth-order valence-corrected chi connectivity index (χ4v) is 4.16. The molecule has 3 heteroatoms. The summed E-state index contributed by atoms with van der Waals surface area (Å²) in [4.78, 5) is 12.0. The SMILES string of the molecule is O=C(O)C1C=Cc2cccc(Cc3ccccc3)c2C1(O)Cc1ccccc1. The molecule has 28 heavy (non-hydrogen) atoms. The Kier molecular flexibility index (Phi) is 4.84. The van der Waals surface area contributed by atoms with E-state index < -0.39 is 17.5 Å². The molecular formula is C25H22O3. The quantitative estimate of drug-likeness (QED) is 0.698. The molecule has 0 saturated carbocycles. The number of carbonyl (C=O) groups is 1. The first-order chi connectivity index (χ1) is 13.6. The lowest BCUT2D eigenvalue weighted by Gasteiger charge is -2.38. The Bertz CT molecular complexity index is 1010. The zero-order valence-electron chi connectivity index (χ0n) is 15.5. The van der Waals surface area contributed by atoms with Crippen LogP contribution in [0.2, 0.25) is 0 Å². The number of hydrogen-bond acceptors (Lipinski definition) is 2. The molecule has 1 aliphatic carbocycles. The maximum Gasteiger partial charge on any atom is 0.313 e. The average molecular weight is 370 g/mol. The van der Waals surface area contributed by atoms with E-state index in [1.165, 1.54) is 0 Å². The molecule has 3 nitrogen and oxygen atoms in total. The van der Waals surface area contributed by atoms with Crippen molar-refractivity contribution in [3.8, 4) is 0 Å². The number of rotatable bonds is 5. The molecule has 3 aromatic rings. The molecular weight excluding hydrogens is 348 g/mol. The van der Waals surface area contributed by atoms with Gasteiger partial charge in [0.15, 0.2) is 0 Å². The van der Waals surface area contributed by atoms with Gasteiger partial charge in [0.2, 0.25) is 0 Å². The van der Waals surface area contributed by atoms with Crippen LogP contribution in [0.4, 0.5) is 0 Å². The number of hydrogen-bond donors (Lipinski definition) is 2. The van der Waals surface area contributed by atoms with E-state index in [0.29, 0.717) is 6.42 Å². The molecule has 0 bridgehead atoms.